The zero-order valence-corrected chi connectivity index (χ0v) is 10.5. The molecule has 94 valence electrons. The Labute approximate surface area is 108 Å². The second kappa shape index (κ2) is 5.36. The quantitative estimate of drug-likeness (QED) is 0.867. The van der Waals surface area contributed by atoms with E-state index >= 15 is 0 Å². The summed E-state index contributed by atoms with van der Waals surface area (Å²) in [5, 5.41) is 8.22. The molecule has 3 rings (SSSR count). The van der Waals surface area contributed by atoms with Crippen molar-refractivity contribution in [1.82, 2.24) is 10.3 Å². The van der Waals surface area contributed by atoms with E-state index in [9.17, 15) is 0 Å². The normalized spacial score (nSPS) is 19.9. The number of fused-ring (bicyclic) bond motifs is 1. The molecule has 0 saturated carbocycles. The zero-order chi connectivity index (χ0) is 12.2. The highest BCUT2D eigenvalue weighted by atomic mass is 15.0. The van der Waals surface area contributed by atoms with Crippen molar-refractivity contribution >= 4 is 16.6 Å². The van der Waals surface area contributed by atoms with Crippen molar-refractivity contribution in [2.24, 2.45) is 0 Å². The zero-order valence-electron chi connectivity index (χ0n) is 10.5. The van der Waals surface area contributed by atoms with Gasteiger partial charge in [0.15, 0.2) is 0 Å². The lowest BCUT2D eigenvalue weighted by molar-refractivity contribution is 0.414. The molecule has 2 aromatic rings. The first-order chi connectivity index (χ1) is 8.92. The van der Waals surface area contributed by atoms with Crippen LogP contribution in [0.15, 0.2) is 36.5 Å². The number of aromatic nitrogens is 1. The fourth-order valence-electron chi connectivity index (χ4n) is 2.51. The maximum Gasteiger partial charge on any atom is 0.0703 e. The van der Waals surface area contributed by atoms with Crippen LogP contribution in [0.25, 0.3) is 10.9 Å². The molecule has 1 unspecified atom stereocenters. The number of benzene rings is 1. The fraction of sp³-hybridized carbons (Fsp3) is 0.400. The van der Waals surface area contributed by atoms with Crippen LogP contribution in [0.2, 0.25) is 0 Å². The maximum absolute atomic E-state index is 4.46. The Kier molecular flexibility index (Phi) is 3.42. The van der Waals surface area contributed by atoms with Crippen LogP contribution in [0.5, 0.6) is 0 Å². The molecule has 3 nitrogen and oxygen atoms in total. The number of nitrogens with zero attached hydrogens (tertiary/aromatic N) is 1. The molecule has 0 aliphatic carbocycles. The smallest absolute Gasteiger partial charge is 0.0703 e. The second-order valence-corrected chi connectivity index (χ2v) is 4.94. The van der Waals surface area contributed by atoms with Gasteiger partial charge in [-0.1, -0.05) is 24.6 Å². The number of hydrogen-bond donors (Lipinski definition) is 2. The van der Waals surface area contributed by atoms with Gasteiger partial charge in [0.2, 0.25) is 0 Å². The standard InChI is InChI=1S/C15H19N3/c1-2-7-15-12(5-1)9-14(11-18-15)17-10-13-6-3-4-8-16-13/h1-2,5,7,9,11,13,16-17H,3-4,6,8,10H2. The van der Waals surface area contributed by atoms with Gasteiger partial charge in [-0.25, -0.2) is 0 Å². The topological polar surface area (TPSA) is 37.0 Å². The summed E-state index contributed by atoms with van der Waals surface area (Å²) in [6.45, 7) is 2.14. The van der Waals surface area contributed by atoms with E-state index in [0.717, 1.165) is 24.3 Å². The summed E-state index contributed by atoms with van der Waals surface area (Å²) in [5.41, 5.74) is 2.17. The summed E-state index contributed by atoms with van der Waals surface area (Å²) in [5.74, 6) is 0. The fourth-order valence-corrected chi connectivity index (χ4v) is 2.51. The van der Waals surface area contributed by atoms with Crippen molar-refractivity contribution in [2.75, 3.05) is 18.4 Å². The Hall–Kier alpha value is -1.61. The maximum atomic E-state index is 4.46. The van der Waals surface area contributed by atoms with Crippen molar-refractivity contribution in [3.05, 3.63) is 36.5 Å². The second-order valence-electron chi connectivity index (χ2n) is 4.94. The molecule has 1 fully saturated rings. The van der Waals surface area contributed by atoms with E-state index in [-0.39, 0.29) is 0 Å². The van der Waals surface area contributed by atoms with Crippen molar-refractivity contribution in [3.8, 4) is 0 Å². The van der Waals surface area contributed by atoms with Gasteiger partial charge in [0.25, 0.3) is 0 Å². The van der Waals surface area contributed by atoms with E-state index in [0.29, 0.717) is 6.04 Å². The Balaban J connectivity index is 1.66. The van der Waals surface area contributed by atoms with Gasteiger partial charge in [-0.3, -0.25) is 4.98 Å². The molecule has 3 heteroatoms. The molecular formula is C15H19N3. The van der Waals surface area contributed by atoms with Gasteiger partial charge in [-0.05, 0) is 31.5 Å². The minimum Gasteiger partial charge on any atom is -0.382 e. The van der Waals surface area contributed by atoms with Gasteiger partial charge >= 0.3 is 0 Å². The summed E-state index contributed by atoms with van der Waals surface area (Å²) in [4.78, 5) is 4.46. The Bertz CT molecular complexity index is 518. The average Bonchev–Trinajstić information content (AvgIpc) is 2.46. The molecule has 1 aromatic carbocycles. The highest BCUT2D eigenvalue weighted by molar-refractivity contribution is 5.81. The lowest BCUT2D eigenvalue weighted by Crippen LogP contribution is -2.39. The number of rotatable bonds is 3. The van der Waals surface area contributed by atoms with Gasteiger partial charge in [-0.15, -0.1) is 0 Å². The third kappa shape index (κ3) is 2.62. The first kappa shape index (κ1) is 11.5. The highest BCUT2D eigenvalue weighted by Gasteiger charge is 2.11. The third-order valence-corrected chi connectivity index (χ3v) is 3.56. The molecule has 0 spiro atoms. The number of hydrogen-bond acceptors (Lipinski definition) is 3. The van der Waals surface area contributed by atoms with Crippen LogP contribution < -0.4 is 10.6 Å². The predicted octanol–water partition coefficient (Wildman–Crippen LogP) is 2.79. The molecule has 1 atom stereocenters. The van der Waals surface area contributed by atoms with E-state index in [1.807, 2.05) is 18.3 Å². The molecular weight excluding hydrogens is 222 g/mol. The monoisotopic (exact) mass is 241 g/mol. The van der Waals surface area contributed by atoms with Crippen LogP contribution in [0.4, 0.5) is 5.69 Å². The van der Waals surface area contributed by atoms with E-state index in [4.69, 9.17) is 0 Å². The Morgan fingerprint density at radius 3 is 3.11 bits per heavy atom. The van der Waals surface area contributed by atoms with Crippen LogP contribution in [-0.4, -0.2) is 24.1 Å². The number of anilines is 1. The molecule has 0 radical (unpaired) electrons. The summed E-state index contributed by atoms with van der Waals surface area (Å²) < 4.78 is 0. The number of piperidine rings is 1. The summed E-state index contributed by atoms with van der Waals surface area (Å²) >= 11 is 0. The summed E-state index contributed by atoms with van der Waals surface area (Å²) in [6, 6.07) is 11.0. The SMILES string of the molecule is c1ccc2ncc(NCC3CCCCN3)cc2c1. The van der Waals surface area contributed by atoms with Crippen molar-refractivity contribution in [3.63, 3.8) is 0 Å². The largest absolute Gasteiger partial charge is 0.382 e. The molecule has 1 aliphatic rings. The van der Waals surface area contributed by atoms with Crippen LogP contribution in [0.3, 0.4) is 0 Å². The van der Waals surface area contributed by atoms with Crippen molar-refractivity contribution < 1.29 is 0 Å². The number of nitrogens with one attached hydrogen (secondary N) is 2. The summed E-state index contributed by atoms with van der Waals surface area (Å²) in [7, 11) is 0. The minimum absolute atomic E-state index is 0.602. The van der Waals surface area contributed by atoms with Gasteiger partial charge in [0.05, 0.1) is 17.4 Å². The van der Waals surface area contributed by atoms with E-state index < -0.39 is 0 Å². The average molecular weight is 241 g/mol. The molecule has 1 saturated heterocycles. The summed E-state index contributed by atoms with van der Waals surface area (Å²) in [6.07, 6.45) is 5.85. The van der Waals surface area contributed by atoms with Crippen molar-refractivity contribution in [2.45, 2.75) is 25.3 Å². The van der Waals surface area contributed by atoms with Crippen LogP contribution in [0.1, 0.15) is 19.3 Å². The molecule has 18 heavy (non-hydrogen) atoms. The van der Waals surface area contributed by atoms with Crippen LogP contribution >= 0.6 is 0 Å². The van der Waals surface area contributed by atoms with E-state index in [1.54, 1.807) is 0 Å². The van der Waals surface area contributed by atoms with Gasteiger partial charge < -0.3 is 10.6 Å². The Morgan fingerprint density at radius 1 is 1.28 bits per heavy atom. The first-order valence-electron chi connectivity index (χ1n) is 6.74. The van der Waals surface area contributed by atoms with Crippen molar-refractivity contribution in [1.29, 1.82) is 0 Å². The molecule has 1 aliphatic heterocycles. The molecule has 0 amide bonds. The Morgan fingerprint density at radius 2 is 2.22 bits per heavy atom. The van der Waals surface area contributed by atoms with Crippen LogP contribution in [0, 0.1) is 0 Å². The number of para-hydroxylation sites is 1. The lowest BCUT2D eigenvalue weighted by Gasteiger charge is -2.24. The minimum atomic E-state index is 0.602. The van der Waals surface area contributed by atoms with E-state index in [1.165, 1.54) is 24.6 Å². The molecule has 0 bridgehead atoms. The molecule has 1 aromatic heterocycles. The highest BCUT2D eigenvalue weighted by Crippen LogP contribution is 2.16. The van der Waals surface area contributed by atoms with E-state index in [2.05, 4.69) is 33.8 Å². The van der Waals surface area contributed by atoms with Crippen LogP contribution in [-0.2, 0) is 0 Å². The lowest BCUT2D eigenvalue weighted by atomic mass is 10.1. The molecule has 2 heterocycles. The molecule has 2 N–H and O–H groups in total. The van der Waals surface area contributed by atoms with Gasteiger partial charge in [-0.2, -0.15) is 0 Å². The third-order valence-electron chi connectivity index (χ3n) is 3.56. The van der Waals surface area contributed by atoms with Gasteiger partial charge in [0.1, 0.15) is 0 Å². The number of pyridine rings is 1. The predicted molar refractivity (Wildman–Crippen MR) is 75.9 cm³/mol. The van der Waals surface area contributed by atoms with Gasteiger partial charge in [0, 0.05) is 18.0 Å². The first-order valence-corrected chi connectivity index (χ1v) is 6.74.